The molecule has 0 bridgehead atoms. The predicted molar refractivity (Wildman–Crippen MR) is 76.7 cm³/mol. The Morgan fingerprint density at radius 2 is 2.21 bits per heavy atom. The molecule has 0 saturated carbocycles. The van der Waals surface area contributed by atoms with Crippen LogP contribution in [0.3, 0.4) is 0 Å². The highest BCUT2D eigenvalue weighted by Crippen LogP contribution is 2.24. The van der Waals surface area contributed by atoms with Crippen molar-refractivity contribution in [3.63, 3.8) is 0 Å². The molecule has 2 unspecified atom stereocenters. The lowest BCUT2D eigenvalue weighted by Gasteiger charge is -2.35. The average Bonchev–Trinajstić information content (AvgIpc) is 2.89. The van der Waals surface area contributed by atoms with Gasteiger partial charge in [0, 0.05) is 18.5 Å². The van der Waals surface area contributed by atoms with E-state index in [1.54, 1.807) is 0 Å². The average molecular weight is 263 g/mol. The summed E-state index contributed by atoms with van der Waals surface area (Å²) in [6, 6.07) is 0.707. The van der Waals surface area contributed by atoms with Crippen LogP contribution in [0.5, 0.6) is 0 Å². The van der Waals surface area contributed by atoms with Gasteiger partial charge in [0.1, 0.15) is 0 Å². The van der Waals surface area contributed by atoms with Gasteiger partial charge in [-0.25, -0.2) is 0 Å². The second kappa shape index (κ2) is 6.93. The van der Waals surface area contributed by atoms with E-state index in [9.17, 15) is 4.79 Å². The minimum absolute atomic E-state index is 0.0586. The van der Waals surface area contributed by atoms with Crippen molar-refractivity contribution in [3.05, 3.63) is 0 Å². The van der Waals surface area contributed by atoms with Crippen molar-refractivity contribution in [1.82, 2.24) is 15.5 Å². The van der Waals surface area contributed by atoms with Crippen LogP contribution < -0.4 is 10.6 Å². The summed E-state index contributed by atoms with van der Waals surface area (Å²) in [4.78, 5) is 14.8. The number of piperidine rings is 1. The summed E-state index contributed by atoms with van der Waals surface area (Å²) >= 11 is 0. The van der Waals surface area contributed by atoms with Crippen LogP contribution in [-0.2, 0) is 4.79 Å². The van der Waals surface area contributed by atoms with E-state index >= 15 is 0 Å². The SMILES string of the molecule is C#CCC(C)NC(=O)C1CCCN1C1CCNCC1. The number of nitrogens with one attached hydrogen (secondary N) is 2. The first-order chi connectivity index (χ1) is 9.22. The van der Waals surface area contributed by atoms with Crippen LogP contribution >= 0.6 is 0 Å². The Bertz CT molecular complexity index is 344. The van der Waals surface area contributed by atoms with E-state index in [1.807, 2.05) is 6.92 Å². The standard InChI is InChI=1S/C15H25N3O/c1-3-5-12(2)17-15(19)14-6-4-11-18(14)13-7-9-16-10-8-13/h1,12-14,16H,4-11H2,2H3,(H,17,19). The number of likely N-dealkylation sites (tertiary alicyclic amines) is 1. The summed E-state index contributed by atoms with van der Waals surface area (Å²) in [6.45, 7) is 5.18. The maximum atomic E-state index is 12.3. The van der Waals surface area contributed by atoms with E-state index in [2.05, 4.69) is 21.5 Å². The molecule has 2 aliphatic heterocycles. The van der Waals surface area contributed by atoms with E-state index in [-0.39, 0.29) is 18.0 Å². The second-order valence-electron chi connectivity index (χ2n) is 5.69. The predicted octanol–water partition coefficient (Wildman–Crippen LogP) is 0.731. The molecule has 106 valence electrons. The maximum absolute atomic E-state index is 12.3. The van der Waals surface area contributed by atoms with Crippen LogP contribution in [0.4, 0.5) is 0 Å². The molecule has 0 aromatic rings. The number of nitrogens with zero attached hydrogens (tertiary/aromatic N) is 1. The number of hydrogen-bond donors (Lipinski definition) is 2. The molecule has 4 heteroatoms. The van der Waals surface area contributed by atoms with Crippen molar-refractivity contribution in [3.8, 4) is 12.3 Å². The number of carbonyl (C=O) groups is 1. The molecule has 4 nitrogen and oxygen atoms in total. The molecule has 0 spiro atoms. The maximum Gasteiger partial charge on any atom is 0.237 e. The van der Waals surface area contributed by atoms with E-state index < -0.39 is 0 Å². The normalized spacial score (nSPS) is 26.8. The van der Waals surface area contributed by atoms with Gasteiger partial charge in [-0.05, 0) is 52.2 Å². The third-order valence-corrected chi connectivity index (χ3v) is 4.19. The van der Waals surface area contributed by atoms with Gasteiger partial charge in [0.05, 0.1) is 6.04 Å². The van der Waals surface area contributed by atoms with Gasteiger partial charge < -0.3 is 10.6 Å². The minimum atomic E-state index is 0.0586. The number of carbonyl (C=O) groups excluding carboxylic acids is 1. The molecule has 2 atom stereocenters. The van der Waals surface area contributed by atoms with Gasteiger partial charge in [0.25, 0.3) is 0 Å². The van der Waals surface area contributed by atoms with Crippen LogP contribution in [0.1, 0.15) is 39.0 Å². The van der Waals surface area contributed by atoms with E-state index in [4.69, 9.17) is 6.42 Å². The van der Waals surface area contributed by atoms with E-state index in [1.165, 1.54) is 0 Å². The first kappa shape index (κ1) is 14.4. The van der Waals surface area contributed by atoms with Gasteiger partial charge in [-0.1, -0.05) is 0 Å². The Morgan fingerprint density at radius 1 is 1.47 bits per heavy atom. The largest absolute Gasteiger partial charge is 0.351 e. The smallest absolute Gasteiger partial charge is 0.237 e. The quantitative estimate of drug-likeness (QED) is 0.735. The van der Waals surface area contributed by atoms with Gasteiger partial charge in [-0.3, -0.25) is 9.69 Å². The second-order valence-corrected chi connectivity index (χ2v) is 5.69. The first-order valence-corrected chi connectivity index (χ1v) is 7.42. The molecule has 2 aliphatic rings. The van der Waals surface area contributed by atoms with E-state index in [0.29, 0.717) is 12.5 Å². The van der Waals surface area contributed by atoms with Crippen LogP contribution in [0, 0.1) is 12.3 Å². The van der Waals surface area contributed by atoms with Gasteiger partial charge in [-0.2, -0.15) is 0 Å². The third-order valence-electron chi connectivity index (χ3n) is 4.19. The lowest BCUT2D eigenvalue weighted by Crippen LogP contribution is -2.52. The van der Waals surface area contributed by atoms with Crippen molar-refractivity contribution in [1.29, 1.82) is 0 Å². The number of terminal acetylenes is 1. The summed E-state index contributed by atoms with van der Waals surface area (Å²) in [5.74, 6) is 2.77. The Kier molecular flexibility index (Phi) is 5.24. The molecule has 2 saturated heterocycles. The summed E-state index contributed by atoms with van der Waals surface area (Å²) in [7, 11) is 0. The van der Waals surface area contributed by atoms with Gasteiger partial charge in [0.2, 0.25) is 5.91 Å². The minimum Gasteiger partial charge on any atom is -0.351 e. The van der Waals surface area contributed by atoms with Crippen LogP contribution in [-0.4, -0.2) is 48.6 Å². The van der Waals surface area contributed by atoms with Gasteiger partial charge >= 0.3 is 0 Å². The number of amides is 1. The molecule has 19 heavy (non-hydrogen) atoms. The zero-order valence-electron chi connectivity index (χ0n) is 11.8. The van der Waals surface area contributed by atoms with Crippen LogP contribution in [0.15, 0.2) is 0 Å². The fourth-order valence-electron chi connectivity index (χ4n) is 3.21. The van der Waals surface area contributed by atoms with Crippen molar-refractivity contribution in [2.24, 2.45) is 0 Å². The highest BCUT2D eigenvalue weighted by atomic mass is 16.2. The van der Waals surface area contributed by atoms with Gasteiger partial charge in [0.15, 0.2) is 0 Å². The summed E-state index contributed by atoms with van der Waals surface area (Å²) in [5, 5.41) is 6.43. The zero-order chi connectivity index (χ0) is 13.7. The number of hydrogen-bond acceptors (Lipinski definition) is 3. The van der Waals surface area contributed by atoms with Gasteiger partial charge in [-0.15, -0.1) is 12.3 Å². The summed E-state index contributed by atoms with van der Waals surface area (Å²) < 4.78 is 0. The highest BCUT2D eigenvalue weighted by Gasteiger charge is 2.35. The molecule has 0 aliphatic carbocycles. The molecule has 2 N–H and O–H groups in total. The third kappa shape index (κ3) is 3.71. The highest BCUT2D eigenvalue weighted by molar-refractivity contribution is 5.82. The van der Waals surface area contributed by atoms with Crippen LogP contribution in [0.2, 0.25) is 0 Å². The molecule has 0 radical (unpaired) electrons. The fraction of sp³-hybridized carbons (Fsp3) is 0.800. The molecule has 0 aromatic carbocycles. The molecule has 2 fully saturated rings. The van der Waals surface area contributed by atoms with Crippen molar-refractivity contribution in [2.45, 2.75) is 57.2 Å². The Balaban J connectivity index is 1.90. The Morgan fingerprint density at radius 3 is 2.89 bits per heavy atom. The van der Waals surface area contributed by atoms with Crippen molar-refractivity contribution >= 4 is 5.91 Å². The summed E-state index contributed by atoms with van der Waals surface area (Å²) in [6.07, 6.45) is 10.3. The molecular weight excluding hydrogens is 238 g/mol. The molecule has 1 amide bonds. The first-order valence-electron chi connectivity index (χ1n) is 7.42. The lowest BCUT2D eigenvalue weighted by atomic mass is 10.0. The molecule has 2 heterocycles. The molecule has 2 rings (SSSR count). The summed E-state index contributed by atoms with van der Waals surface area (Å²) in [5.41, 5.74) is 0. The Hall–Kier alpha value is -1.05. The molecular formula is C15H25N3O. The topological polar surface area (TPSA) is 44.4 Å². The fourth-order valence-corrected chi connectivity index (χ4v) is 3.21. The lowest BCUT2D eigenvalue weighted by molar-refractivity contribution is -0.127. The van der Waals surface area contributed by atoms with Crippen LogP contribution in [0.25, 0.3) is 0 Å². The molecule has 0 aromatic heterocycles. The Labute approximate surface area is 116 Å². The van der Waals surface area contributed by atoms with E-state index in [0.717, 1.165) is 45.3 Å². The number of rotatable bonds is 4. The van der Waals surface area contributed by atoms with Crippen molar-refractivity contribution in [2.75, 3.05) is 19.6 Å². The monoisotopic (exact) mass is 263 g/mol. The van der Waals surface area contributed by atoms with Crippen molar-refractivity contribution < 1.29 is 4.79 Å². The zero-order valence-corrected chi connectivity index (χ0v) is 11.8.